The Morgan fingerprint density at radius 2 is 1.54 bits per heavy atom. The molecule has 0 spiro atoms. The summed E-state index contributed by atoms with van der Waals surface area (Å²) < 4.78 is 8.38. The monoisotopic (exact) mass is 325 g/mol. The Labute approximate surface area is 142 Å². The van der Waals surface area contributed by atoms with E-state index in [0.29, 0.717) is 5.89 Å². The van der Waals surface area contributed by atoms with Gasteiger partial charge in [-0.05, 0) is 50.7 Å². The molecule has 2 saturated heterocycles. The molecule has 2 aliphatic heterocycles. The number of hydrogen-bond donors (Lipinski definition) is 0. The maximum atomic E-state index is 6.11. The van der Waals surface area contributed by atoms with Crippen molar-refractivity contribution in [2.75, 3.05) is 31.1 Å². The Bertz CT molecular complexity index is 739. The van der Waals surface area contributed by atoms with Crippen LogP contribution < -0.4 is 15.2 Å². The number of benzene rings is 1. The molecule has 0 N–H and O–H groups in total. The average Bonchev–Trinajstić information content (AvgIpc) is 2.70. The van der Waals surface area contributed by atoms with Gasteiger partial charge >= 0.3 is 11.6 Å². The topological polar surface area (TPSA) is 45.2 Å². The van der Waals surface area contributed by atoms with Gasteiger partial charge in [0.15, 0.2) is 0 Å². The fourth-order valence-electron chi connectivity index (χ4n) is 3.49. The maximum Gasteiger partial charge on any atom is 0.504 e. The molecular formula is C19H25N4O+. The summed E-state index contributed by atoms with van der Waals surface area (Å²) in [5, 5.41) is 0. The van der Waals surface area contributed by atoms with Crippen LogP contribution in [0.3, 0.4) is 0 Å². The molecule has 126 valence electrons. The van der Waals surface area contributed by atoms with Crippen LogP contribution in [0.15, 0.2) is 34.7 Å². The highest BCUT2D eigenvalue weighted by molar-refractivity contribution is 5.53. The van der Waals surface area contributed by atoms with Crippen molar-refractivity contribution in [3.8, 4) is 11.5 Å². The summed E-state index contributed by atoms with van der Waals surface area (Å²) in [6.45, 7) is 4.12. The Balaban J connectivity index is 1.81. The van der Waals surface area contributed by atoms with E-state index in [2.05, 4.69) is 9.48 Å². The highest BCUT2D eigenvalue weighted by atomic mass is 16.4. The molecule has 0 aliphatic carbocycles. The fraction of sp³-hybridized carbons (Fsp3) is 0.526. The summed E-state index contributed by atoms with van der Waals surface area (Å²) in [6.07, 6.45) is 7.45. The van der Waals surface area contributed by atoms with Gasteiger partial charge in [0.1, 0.15) is 0 Å². The quantitative estimate of drug-likeness (QED) is 0.797. The van der Waals surface area contributed by atoms with Gasteiger partial charge in [-0.1, -0.05) is 18.2 Å². The second-order valence-electron chi connectivity index (χ2n) is 6.67. The molecule has 5 nitrogen and oxygen atoms in total. The molecular weight excluding hydrogens is 300 g/mol. The first-order valence-electron chi connectivity index (χ1n) is 9.18. The van der Waals surface area contributed by atoms with Gasteiger partial charge in [-0.15, -0.1) is 0 Å². The van der Waals surface area contributed by atoms with E-state index in [1.807, 2.05) is 30.3 Å². The molecule has 24 heavy (non-hydrogen) atoms. The zero-order valence-electron chi connectivity index (χ0n) is 14.2. The van der Waals surface area contributed by atoms with Crippen LogP contribution in [-0.4, -0.2) is 36.1 Å². The SMILES string of the molecule is c1ccc(-c2nc(N3CCCCC3)nc(=[N+]3CCCCC3)o2)cc1. The average molecular weight is 325 g/mol. The number of anilines is 1. The summed E-state index contributed by atoms with van der Waals surface area (Å²) >= 11 is 0. The van der Waals surface area contributed by atoms with Gasteiger partial charge < -0.3 is 9.32 Å². The van der Waals surface area contributed by atoms with Crippen LogP contribution in [0.1, 0.15) is 38.5 Å². The maximum absolute atomic E-state index is 6.11. The van der Waals surface area contributed by atoms with Crippen molar-refractivity contribution in [1.29, 1.82) is 0 Å². The van der Waals surface area contributed by atoms with Crippen molar-refractivity contribution in [1.82, 2.24) is 14.5 Å². The Hall–Kier alpha value is -2.17. The predicted octanol–water partition coefficient (Wildman–Crippen LogP) is 2.68. The highest BCUT2D eigenvalue weighted by Crippen LogP contribution is 2.19. The third-order valence-electron chi connectivity index (χ3n) is 4.87. The van der Waals surface area contributed by atoms with Crippen molar-refractivity contribution >= 4 is 5.95 Å². The molecule has 2 aromatic rings. The Morgan fingerprint density at radius 1 is 0.833 bits per heavy atom. The van der Waals surface area contributed by atoms with Crippen LogP contribution in [0.25, 0.3) is 11.5 Å². The first kappa shape index (κ1) is 15.4. The minimum atomic E-state index is 0.673. The minimum absolute atomic E-state index is 0.673. The van der Waals surface area contributed by atoms with Gasteiger partial charge in [-0.3, -0.25) is 0 Å². The number of hydrogen-bond acceptors (Lipinski definition) is 4. The second-order valence-corrected chi connectivity index (χ2v) is 6.67. The van der Waals surface area contributed by atoms with E-state index in [1.54, 1.807) is 0 Å². The Morgan fingerprint density at radius 3 is 2.29 bits per heavy atom. The van der Waals surface area contributed by atoms with Crippen LogP contribution in [0.4, 0.5) is 5.95 Å². The molecule has 0 bridgehead atoms. The van der Waals surface area contributed by atoms with Gasteiger partial charge in [-0.2, -0.15) is 4.98 Å². The third-order valence-corrected chi connectivity index (χ3v) is 4.87. The van der Waals surface area contributed by atoms with Crippen LogP contribution >= 0.6 is 0 Å². The van der Waals surface area contributed by atoms with E-state index < -0.39 is 0 Å². The van der Waals surface area contributed by atoms with E-state index >= 15 is 0 Å². The number of aromatic nitrogens is 2. The largest absolute Gasteiger partial charge is 0.504 e. The van der Waals surface area contributed by atoms with Crippen molar-refractivity contribution in [3.63, 3.8) is 0 Å². The summed E-state index contributed by atoms with van der Waals surface area (Å²) in [7, 11) is 0. The van der Waals surface area contributed by atoms with Crippen LogP contribution in [0.5, 0.6) is 0 Å². The van der Waals surface area contributed by atoms with Gasteiger partial charge in [0.2, 0.25) is 5.89 Å². The van der Waals surface area contributed by atoms with Gasteiger partial charge in [0.25, 0.3) is 0 Å². The first-order chi connectivity index (χ1) is 11.9. The van der Waals surface area contributed by atoms with E-state index in [4.69, 9.17) is 14.4 Å². The predicted molar refractivity (Wildman–Crippen MR) is 94.7 cm³/mol. The van der Waals surface area contributed by atoms with Gasteiger partial charge in [-0.25, -0.2) is 4.58 Å². The highest BCUT2D eigenvalue weighted by Gasteiger charge is 2.23. The van der Waals surface area contributed by atoms with E-state index in [-0.39, 0.29) is 0 Å². The van der Waals surface area contributed by atoms with Crippen LogP contribution in [0, 0.1) is 0 Å². The fourth-order valence-corrected chi connectivity index (χ4v) is 3.49. The minimum Gasteiger partial charge on any atom is -0.369 e. The lowest BCUT2D eigenvalue weighted by Gasteiger charge is -2.24. The van der Waals surface area contributed by atoms with Crippen molar-refractivity contribution in [2.24, 2.45) is 0 Å². The molecule has 0 radical (unpaired) electrons. The summed E-state index contributed by atoms with van der Waals surface area (Å²) in [6, 6.07) is 10.2. The second kappa shape index (κ2) is 7.16. The zero-order valence-corrected chi connectivity index (χ0v) is 14.2. The van der Waals surface area contributed by atoms with E-state index in [9.17, 15) is 0 Å². The van der Waals surface area contributed by atoms with Crippen LogP contribution in [-0.2, 0) is 0 Å². The summed E-state index contributed by atoms with van der Waals surface area (Å²) in [5.74, 6) is 1.49. The molecule has 5 heteroatoms. The smallest absolute Gasteiger partial charge is 0.369 e. The van der Waals surface area contributed by atoms with Crippen molar-refractivity contribution in [3.05, 3.63) is 36.0 Å². The standard InChI is InChI=1S/C19H25N4O/c1-4-10-16(11-5-1)17-20-18(22-12-6-2-7-13-22)21-19(24-17)23-14-8-3-9-15-23/h1,4-5,10-11H,2-3,6-9,12-15H2/q+1. The molecule has 1 aromatic carbocycles. The molecule has 2 fully saturated rings. The number of nitrogens with zero attached hydrogens (tertiary/aromatic N) is 4. The molecule has 0 saturated carbocycles. The number of piperidine rings is 2. The number of rotatable bonds is 2. The molecule has 3 heterocycles. The molecule has 4 rings (SSSR count). The summed E-state index contributed by atoms with van der Waals surface area (Å²) in [5.41, 5.74) is 1.74. The Kier molecular flexibility index (Phi) is 4.58. The third kappa shape index (κ3) is 3.35. The van der Waals surface area contributed by atoms with Gasteiger partial charge in [0.05, 0.1) is 13.1 Å². The normalized spacial score (nSPS) is 18.7. The molecule has 1 aromatic heterocycles. The van der Waals surface area contributed by atoms with Gasteiger partial charge in [0, 0.05) is 23.6 Å². The molecule has 2 aliphatic rings. The first-order valence-corrected chi connectivity index (χ1v) is 9.18. The van der Waals surface area contributed by atoms with Crippen molar-refractivity contribution in [2.45, 2.75) is 38.5 Å². The molecule has 0 unspecified atom stereocenters. The lowest BCUT2D eigenvalue weighted by Crippen LogP contribution is -2.39. The summed E-state index contributed by atoms with van der Waals surface area (Å²) in [4.78, 5) is 11.8. The zero-order chi connectivity index (χ0) is 16.2. The lowest BCUT2D eigenvalue weighted by atomic mass is 10.1. The lowest BCUT2D eigenvalue weighted by molar-refractivity contribution is 0.351. The van der Waals surface area contributed by atoms with Crippen LogP contribution in [0.2, 0.25) is 0 Å². The molecule has 0 amide bonds. The van der Waals surface area contributed by atoms with E-state index in [0.717, 1.165) is 43.4 Å². The molecule has 0 atom stereocenters. The van der Waals surface area contributed by atoms with E-state index in [1.165, 1.54) is 38.5 Å². The van der Waals surface area contributed by atoms with Crippen molar-refractivity contribution < 1.29 is 4.42 Å².